The van der Waals surface area contributed by atoms with Gasteiger partial charge in [-0.25, -0.2) is 4.79 Å². The lowest BCUT2D eigenvalue weighted by atomic mass is 10.2. The molecule has 0 spiro atoms. The predicted octanol–water partition coefficient (Wildman–Crippen LogP) is -1.10. The number of aliphatic hydroxyl groups excluding tert-OH is 1. The molecule has 0 heterocycles. The summed E-state index contributed by atoms with van der Waals surface area (Å²) in [5.41, 5.74) is 0. The Morgan fingerprint density at radius 2 is 1.91 bits per heavy atom. The molecule has 5 nitrogen and oxygen atoms in total. The van der Waals surface area contributed by atoms with E-state index in [9.17, 15) is 9.59 Å². The van der Waals surface area contributed by atoms with Gasteiger partial charge < -0.3 is 14.6 Å². The zero-order chi connectivity index (χ0) is 8.85. The number of ether oxygens (including phenoxy) is 2. The van der Waals surface area contributed by atoms with Gasteiger partial charge in [0.2, 0.25) is 0 Å². The normalized spacial score (nSPS) is 11.9. The van der Waals surface area contributed by atoms with Gasteiger partial charge in [-0.15, -0.1) is 0 Å². The van der Waals surface area contributed by atoms with Gasteiger partial charge in [-0.05, 0) is 0 Å². The van der Waals surface area contributed by atoms with Crippen molar-refractivity contribution in [2.75, 3.05) is 14.2 Å². The lowest BCUT2D eigenvalue weighted by Crippen LogP contribution is -2.26. The average Bonchev–Trinajstić information content (AvgIpc) is 2.02. The van der Waals surface area contributed by atoms with Gasteiger partial charge in [0.05, 0.1) is 14.2 Å². The van der Waals surface area contributed by atoms with Crippen molar-refractivity contribution in [2.24, 2.45) is 0 Å². The van der Waals surface area contributed by atoms with E-state index < -0.39 is 18.0 Å². The molecule has 1 atom stereocenters. The van der Waals surface area contributed by atoms with Crippen molar-refractivity contribution in [3.63, 3.8) is 0 Å². The molecule has 0 aromatic rings. The van der Waals surface area contributed by atoms with Crippen LogP contribution in [0.1, 0.15) is 0 Å². The Morgan fingerprint density at radius 3 is 2.27 bits per heavy atom. The number of esters is 2. The molecular formula is C6H9O5. The molecule has 0 saturated heterocycles. The van der Waals surface area contributed by atoms with Crippen molar-refractivity contribution in [1.82, 2.24) is 0 Å². The Morgan fingerprint density at radius 1 is 1.36 bits per heavy atom. The number of methoxy groups -OCH3 is 2. The third-order valence-electron chi connectivity index (χ3n) is 0.938. The van der Waals surface area contributed by atoms with Crippen LogP contribution in [0.25, 0.3) is 0 Å². The van der Waals surface area contributed by atoms with Crippen LogP contribution in [0.15, 0.2) is 0 Å². The van der Waals surface area contributed by atoms with E-state index in [0.717, 1.165) is 14.2 Å². The monoisotopic (exact) mass is 161 g/mol. The maximum absolute atomic E-state index is 10.5. The molecule has 0 aliphatic heterocycles. The molecule has 0 fully saturated rings. The van der Waals surface area contributed by atoms with Crippen molar-refractivity contribution >= 4 is 11.9 Å². The first-order valence-electron chi connectivity index (χ1n) is 2.80. The highest BCUT2D eigenvalue weighted by Gasteiger charge is 2.19. The quantitative estimate of drug-likeness (QED) is 0.532. The molecule has 0 amide bonds. The summed E-state index contributed by atoms with van der Waals surface area (Å²) in [6.45, 7) is 0. The van der Waals surface area contributed by atoms with Crippen molar-refractivity contribution in [3.8, 4) is 0 Å². The number of rotatable bonds is 3. The van der Waals surface area contributed by atoms with Gasteiger partial charge in [-0.1, -0.05) is 0 Å². The SMILES string of the molecule is COC(=O)[CH]C(O)C(=O)OC. The van der Waals surface area contributed by atoms with Crippen molar-refractivity contribution in [3.05, 3.63) is 6.42 Å². The first kappa shape index (κ1) is 9.90. The van der Waals surface area contributed by atoms with Crippen LogP contribution in [-0.4, -0.2) is 37.4 Å². The molecule has 0 aromatic carbocycles. The first-order valence-corrected chi connectivity index (χ1v) is 2.80. The molecule has 11 heavy (non-hydrogen) atoms. The summed E-state index contributed by atoms with van der Waals surface area (Å²) in [7, 11) is 2.25. The van der Waals surface area contributed by atoms with Gasteiger partial charge in [-0.2, -0.15) is 0 Å². The molecule has 0 aliphatic carbocycles. The molecule has 63 valence electrons. The van der Waals surface area contributed by atoms with E-state index in [0.29, 0.717) is 6.42 Å². The third-order valence-corrected chi connectivity index (χ3v) is 0.938. The van der Waals surface area contributed by atoms with E-state index in [2.05, 4.69) is 9.47 Å². The van der Waals surface area contributed by atoms with Gasteiger partial charge in [0.1, 0.15) is 6.42 Å². The zero-order valence-electron chi connectivity index (χ0n) is 6.23. The first-order chi connectivity index (χ1) is 5.11. The molecule has 1 radical (unpaired) electrons. The highest BCUT2D eigenvalue weighted by molar-refractivity contribution is 5.88. The Labute approximate surface area is 63.9 Å². The summed E-state index contributed by atoms with van der Waals surface area (Å²) in [5.74, 6) is -1.67. The molecular weight excluding hydrogens is 152 g/mol. The minimum Gasteiger partial charge on any atom is -0.469 e. The van der Waals surface area contributed by atoms with Crippen LogP contribution in [0, 0.1) is 6.42 Å². The Kier molecular flexibility index (Phi) is 4.21. The molecule has 5 heteroatoms. The highest BCUT2D eigenvalue weighted by atomic mass is 16.5. The lowest BCUT2D eigenvalue weighted by molar-refractivity contribution is -0.152. The second-order valence-corrected chi connectivity index (χ2v) is 1.66. The van der Waals surface area contributed by atoms with Crippen LogP contribution >= 0.6 is 0 Å². The molecule has 0 aliphatic rings. The molecule has 0 aromatic heterocycles. The van der Waals surface area contributed by atoms with Crippen LogP contribution < -0.4 is 0 Å². The van der Waals surface area contributed by atoms with Gasteiger partial charge >= 0.3 is 11.9 Å². The third kappa shape index (κ3) is 3.57. The lowest BCUT2D eigenvalue weighted by Gasteiger charge is -2.04. The summed E-state index contributed by atoms with van der Waals surface area (Å²) in [6, 6.07) is 0. The van der Waals surface area contributed by atoms with E-state index >= 15 is 0 Å². The minimum atomic E-state index is -1.55. The van der Waals surface area contributed by atoms with Gasteiger partial charge in [0, 0.05) is 0 Å². The fraction of sp³-hybridized carbons (Fsp3) is 0.500. The molecule has 0 rings (SSSR count). The van der Waals surface area contributed by atoms with E-state index in [1.165, 1.54) is 0 Å². The maximum atomic E-state index is 10.5. The van der Waals surface area contributed by atoms with Gasteiger partial charge in [-0.3, -0.25) is 4.79 Å². The van der Waals surface area contributed by atoms with Crippen molar-refractivity contribution < 1.29 is 24.2 Å². The van der Waals surface area contributed by atoms with E-state index in [1.807, 2.05) is 0 Å². The Bertz CT molecular complexity index is 153. The number of hydrogen-bond acceptors (Lipinski definition) is 5. The average molecular weight is 161 g/mol. The minimum absolute atomic E-state index is 0.714. The fourth-order valence-corrected chi connectivity index (χ4v) is 0.386. The van der Waals surface area contributed by atoms with Gasteiger partial charge in [0.25, 0.3) is 0 Å². The standard InChI is InChI=1S/C6H9O5/c1-10-5(8)3-4(7)6(9)11-2/h3-4,7H,1-2H3. The summed E-state index contributed by atoms with van der Waals surface area (Å²) >= 11 is 0. The molecule has 0 saturated carbocycles. The van der Waals surface area contributed by atoms with Crippen LogP contribution in [-0.2, 0) is 19.1 Å². The van der Waals surface area contributed by atoms with Crippen molar-refractivity contribution in [2.45, 2.75) is 6.10 Å². The summed E-state index contributed by atoms with van der Waals surface area (Å²) in [6.07, 6.45) is -0.835. The highest BCUT2D eigenvalue weighted by Crippen LogP contribution is 1.93. The van der Waals surface area contributed by atoms with Gasteiger partial charge in [0.15, 0.2) is 6.10 Å². The van der Waals surface area contributed by atoms with E-state index in [-0.39, 0.29) is 0 Å². The van der Waals surface area contributed by atoms with Crippen LogP contribution in [0.5, 0.6) is 0 Å². The fourth-order valence-electron chi connectivity index (χ4n) is 0.386. The molecule has 1 N–H and O–H groups in total. The second kappa shape index (κ2) is 4.68. The number of hydrogen-bond donors (Lipinski definition) is 1. The number of carbonyl (C=O) groups is 2. The second-order valence-electron chi connectivity index (χ2n) is 1.66. The number of carbonyl (C=O) groups excluding carboxylic acids is 2. The molecule has 1 unspecified atom stereocenters. The smallest absolute Gasteiger partial charge is 0.335 e. The summed E-state index contributed by atoms with van der Waals surface area (Å²) in [4.78, 5) is 20.8. The van der Waals surface area contributed by atoms with Crippen molar-refractivity contribution in [1.29, 1.82) is 0 Å². The van der Waals surface area contributed by atoms with E-state index in [4.69, 9.17) is 5.11 Å². The van der Waals surface area contributed by atoms with Crippen LogP contribution in [0.3, 0.4) is 0 Å². The van der Waals surface area contributed by atoms with Crippen LogP contribution in [0.2, 0.25) is 0 Å². The summed E-state index contributed by atoms with van der Waals surface area (Å²) in [5, 5.41) is 8.79. The largest absolute Gasteiger partial charge is 0.469 e. The van der Waals surface area contributed by atoms with Crippen LogP contribution in [0.4, 0.5) is 0 Å². The topological polar surface area (TPSA) is 72.8 Å². The zero-order valence-corrected chi connectivity index (χ0v) is 6.23. The maximum Gasteiger partial charge on any atom is 0.335 e. The number of aliphatic hydroxyl groups is 1. The van der Waals surface area contributed by atoms with E-state index in [1.54, 1.807) is 0 Å². The Balaban J connectivity index is 3.77. The Hall–Kier alpha value is -1.10. The summed E-state index contributed by atoms with van der Waals surface area (Å²) < 4.78 is 8.28. The molecule has 0 bridgehead atoms. The predicted molar refractivity (Wildman–Crippen MR) is 34.3 cm³/mol.